The highest BCUT2D eigenvalue weighted by Gasteiger charge is 2.22. The monoisotopic (exact) mass is 369 g/mol. The van der Waals surface area contributed by atoms with E-state index in [4.69, 9.17) is 0 Å². The molecule has 5 heteroatoms. The Labute approximate surface area is 116 Å². The normalized spacial score (nSPS) is 23.2. The van der Waals surface area contributed by atoms with E-state index >= 15 is 0 Å². The number of alkyl halides is 1. The summed E-state index contributed by atoms with van der Waals surface area (Å²) in [5, 5.41) is 3.24. The van der Waals surface area contributed by atoms with Crippen LogP contribution in [0.2, 0.25) is 0 Å². The summed E-state index contributed by atoms with van der Waals surface area (Å²) in [5.74, 6) is 2.53. The van der Waals surface area contributed by atoms with E-state index in [1.165, 1.54) is 27.4 Å². The van der Waals surface area contributed by atoms with Gasteiger partial charge in [-0.25, -0.2) is 0 Å². The minimum Gasteiger partial charge on any atom is -0.294 e. The molecule has 1 aromatic rings. The number of thiophene rings is 1. The van der Waals surface area contributed by atoms with E-state index in [2.05, 4.69) is 60.0 Å². The molecule has 15 heavy (non-hydrogen) atoms. The standard InChI is InChI=1S/C10H13Br2NS2/c11-5-9-7-14-4-2-13(9)6-8-1-3-15-10(8)12/h1,3,9H,2,4-7H2. The lowest BCUT2D eigenvalue weighted by atomic mass is 10.2. The average Bonchev–Trinajstić information content (AvgIpc) is 2.65. The van der Waals surface area contributed by atoms with Crippen LogP contribution in [0.15, 0.2) is 15.2 Å². The van der Waals surface area contributed by atoms with Crippen LogP contribution >= 0.6 is 55.0 Å². The zero-order valence-electron chi connectivity index (χ0n) is 8.29. The molecule has 1 saturated heterocycles. The molecule has 1 atom stereocenters. The van der Waals surface area contributed by atoms with Gasteiger partial charge in [0.05, 0.1) is 3.79 Å². The second-order valence-corrected chi connectivity index (χ2v) is 7.60. The molecule has 1 fully saturated rings. The first kappa shape index (κ1) is 12.4. The van der Waals surface area contributed by atoms with Crippen LogP contribution < -0.4 is 0 Å². The molecular weight excluding hydrogens is 358 g/mol. The predicted molar refractivity (Wildman–Crippen MR) is 77.3 cm³/mol. The summed E-state index contributed by atoms with van der Waals surface area (Å²) in [5.41, 5.74) is 1.43. The van der Waals surface area contributed by atoms with Crippen molar-refractivity contribution in [1.29, 1.82) is 0 Å². The lowest BCUT2D eigenvalue weighted by Crippen LogP contribution is -2.42. The SMILES string of the molecule is BrCC1CSCCN1Cc1ccsc1Br. The molecule has 1 aliphatic heterocycles. The Morgan fingerprint density at radius 1 is 1.53 bits per heavy atom. The third kappa shape index (κ3) is 3.22. The van der Waals surface area contributed by atoms with Crippen LogP contribution in [0.1, 0.15) is 5.56 Å². The fraction of sp³-hybridized carbons (Fsp3) is 0.600. The van der Waals surface area contributed by atoms with Crippen molar-refractivity contribution in [1.82, 2.24) is 4.90 Å². The second-order valence-electron chi connectivity index (χ2n) is 3.57. The molecule has 84 valence electrons. The summed E-state index contributed by atoms with van der Waals surface area (Å²) in [6, 6.07) is 2.91. The van der Waals surface area contributed by atoms with Crippen LogP contribution in [0.5, 0.6) is 0 Å². The van der Waals surface area contributed by atoms with Gasteiger partial charge in [0.15, 0.2) is 0 Å². The summed E-state index contributed by atoms with van der Waals surface area (Å²) >= 11 is 11.1. The van der Waals surface area contributed by atoms with Crippen molar-refractivity contribution in [2.75, 3.05) is 23.4 Å². The molecule has 0 radical (unpaired) electrons. The zero-order chi connectivity index (χ0) is 10.7. The molecule has 0 bridgehead atoms. The van der Waals surface area contributed by atoms with Gasteiger partial charge in [-0.05, 0) is 32.9 Å². The van der Waals surface area contributed by atoms with Gasteiger partial charge in [-0.1, -0.05) is 15.9 Å². The van der Waals surface area contributed by atoms with Gasteiger partial charge in [-0.2, -0.15) is 11.8 Å². The van der Waals surface area contributed by atoms with Crippen molar-refractivity contribution in [2.45, 2.75) is 12.6 Å². The Bertz CT molecular complexity index is 316. The Morgan fingerprint density at radius 2 is 2.40 bits per heavy atom. The van der Waals surface area contributed by atoms with Crippen LogP contribution in [0.3, 0.4) is 0 Å². The molecule has 0 saturated carbocycles. The van der Waals surface area contributed by atoms with Crippen molar-refractivity contribution in [3.05, 3.63) is 20.8 Å². The summed E-state index contributed by atoms with van der Waals surface area (Å²) in [4.78, 5) is 2.58. The number of hydrogen-bond acceptors (Lipinski definition) is 3. The van der Waals surface area contributed by atoms with E-state index in [-0.39, 0.29) is 0 Å². The maximum atomic E-state index is 3.61. The van der Waals surface area contributed by atoms with Crippen LogP contribution in [0.25, 0.3) is 0 Å². The van der Waals surface area contributed by atoms with Crippen molar-refractivity contribution in [3.63, 3.8) is 0 Å². The maximum Gasteiger partial charge on any atom is 0.0743 e. The molecular formula is C10H13Br2NS2. The highest BCUT2D eigenvalue weighted by Crippen LogP contribution is 2.27. The van der Waals surface area contributed by atoms with Gasteiger partial charge in [0, 0.05) is 36.0 Å². The Balaban J connectivity index is 2.00. The molecule has 1 aromatic heterocycles. The summed E-state index contributed by atoms with van der Waals surface area (Å²) < 4.78 is 1.29. The Hall–Kier alpha value is 0.970. The highest BCUT2D eigenvalue weighted by molar-refractivity contribution is 9.11. The molecule has 0 aromatic carbocycles. The van der Waals surface area contributed by atoms with Gasteiger partial charge in [-0.3, -0.25) is 4.90 Å². The summed E-state index contributed by atoms with van der Waals surface area (Å²) in [6.45, 7) is 2.30. The van der Waals surface area contributed by atoms with Gasteiger partial charge in [0.25, 0.3) is 0 Å². The Morgan fingerprint density at radius 3 is 3.07 bits per heavy atom. The Kier molecular flexibility index (Phi) is 5.01. The fourth-order valence-electron chi connectivity index (χ4n) is 1.69. The zero-order valence-corrected chi connectivity index (χ0v) is 13.1. The van der Waals surface area contributed by atoms with Gasteiger partial charge in [0.1, 0.15) is 0 Å². The molecule has 2 rings (SSSR count). The van der Waals surface area contributed by atoms with Gasteiger partial charge in [0.2, 0.25) is 0 Å². The summed E-state index contributed by atoms with van der Waals surface area (Å²) in [7, 11) is 0. The first-order chi connectivity index (χ1) is 7.31. The smallest absolute Gasteiger partial charge is 0.0743 e. The van der Waals surface area contributed by atoms with E-state index in [1.807, 2.05) is 0 Å². The first-order valence-electron chi connectivity index (χ1n) is 4.91. The van der Waals surface area contributed by atoms with Crippen molar-refractivity contribution in [2.24, 2.45) is 0 Å². The molecule has 2 heterocycles. The largest absolute Gasteiger partial charge is 0.294 e. The number of halogens is 2. The molecule has 0 amide bonds. The molecule has 1 nitrogen and oxygen atoms in total. The van der Waals surface area contributed by atoms with E-state index < -0.39 is 0 Å². The molecule has 0 N–H and O–H groups in total. The first-order valence-corrected chi connectivity index (χ1v) is 8.85. The van der Waals surface area contributed by atoms with E-state index in [0.717, 1.165) is 11.9 Å². The quantitative estimate of drug-likeness (QED) is 0.744. The van der Waals surface area contributed by atoms with E-state index in [0.29, 0.717) is 6.04 Å². The average molecular weight is 371 g/mol. The van der Waals surface area contributed by atoms with Crippen LogP contribution in [-0.4, -0.2) is 34.3 Å². The second kappa shape index (κ2) is 6.05. The molecule has 0 spiro atoms. The third-order valence-electron chi connectivity index (χ3n) is 2.59. The van der Waals surface area contributed by atoms with Gasteiger partial charge < -0.3 is 0 Å². The third-order valence-corrected chi connectivity index (χ3v) is 6.24. The van der Waals surface area contributed by atoms with E-state index in [9.17, 15) is 0 Å². The fourth-order valence-corrected chi connectivity index (χ4v) is 4.98. The minimum absolute atomic E-state index is 0.690. The van der Waals surface area contributed by atoms with E-state index in [1.54, 1.807) is 11.3 Å². The van der Waals surface area contributed by atoms with Crippen molar-refractivity contribution in [3.8, 4) is 0 Å². The van der Waals surface area contributed by atoms with Crippen molar-refractivity contribution >= 4 is 55.0 Å². The number of thioether (sulfide) groups is 1. The van der Waals surface area contributed by atoms with Crippen LogP contribution in [0, 0.1) is 0 Å². The summed E-state index contributed by atoms with van der Waals surface area (Å²) in [6.07, 6.45) is 0. The minimum atomic E-state index is 0.690. The number of nitrogens with zero attached hydrogens (tertiary/aromatic N) is 1. The number of rotatable bonds is 3. The number of hydrogen-bond donors (Lipinski definition) is 0. The van der Waals surface area contributed by atoms with Crippen molar-refractivity contribution < 1.29 is 0 Å². The van der Waals surface area contributed by atoms with Crippen LogP contribution in [0.4, 0.5) is 0 Å². The maximum absolute atomic E-state index is 3.61. The van der Waals surface area contributed by atoms with Gasteiger partial charge in [-0.15, -0.1) is 11.3 Å². The topological polar surface area (TPSA) is 3.24 Å². The predicted octanol–water partition coefficient (Wildman–Crippen LogP) is 3.82. The lowest BCUT2D eigenvalue weighted by Gasteiger charge is -2.34. The van der Waals surface area contributed by atoms with Crippen LogP contribution in [-0.2, 0) is 6.54 Å². The lowest BCUT2D eigenvalue weighted by molar-refractivity contribution is 0.228. The van der Waals surface area contributed by atoms with Gasteiger partial charge >= 0.3 is 0 Å². The molecule has 1 unspecified atom stereocenters. The molecule has 0 aliphatic carbocycles. The molecule has 1 aliphatic rings. The highest BCUT2D eigenvalue weighted by atomic mass is 79.9.